The van der Waals surface area contributed by atoms with E-state index in [-0.39, 0.29) is 12.5 Å². The zero-order chi connectivity index (χ0) is 12.3. The van der Waals surface area contributed by atoms with Gasteiger partial charge in [0.15, 0.2) is 6.61 Å². The Labute approximate surface area is 101 Å². The van der Waals surface area contributed by atoms with Crippen LogP contribution in [0.3, 0.4) is 0 Å². The molecule has 0 radical (unpaired) electrons. The third kappa shape index (κ3) is 2.56. The number of benzene rings is 2. The fourth-order valence-corrected chi connectivity index (χ4v) is 1.59. The zero-order valence-electron chi connectivity index (χ0n) is 10.0. The maximum atomic E-state index is 11.5. The van der Waals surface area contributed by atoms with Crippen molar-refractivity contribution in [3.63, 3.8) is 0 Å². The van der Waals surface area contributed by atoms with Crippen molar-refractivity contribution in [2.24, 2.45) is 0 Å². The Morgan fingerprint density at radius 2 is 1.82 bits per heavy atom. The number of fused-ring (bicyclic) bond motifs is 1. The van der Waals surface area contributed by atoms with Gasteiger partial charge in [0.1, 0.15) is 5.75 Å². The first-order chi connectivity index (χ1) is 8.18. The Balaban J connectivity index is 2.21. The van der Waals surface area contributed by atoms with Gasteiger partial charge in [-0.2, -0.15) is 0 Å². The quantitative estimate of drug-likeness (QED) is 0.808. The van der Waals surface area contributed by atoms with Gasteiger partial charge < -0.3 is 9.64 Å². The first-order valence-electron chi connectivity index (χ1n) is 5.49. The van der Waals surface area contributed by atoms with Gasteiger partial charge in [-0.1, -0.05) is 36.4 Å². The summed E-state index contributed by atoms with van der Waals surface area (Å²) in [6.45, 7) is 0.0704. The Morgan fingerprint density at radius 3 is 2.59 bits per heavy atom. The number of hydrogen-bond donors (Lipinski definition) is 0. The van der Waals surface area contributed by atoms with Crippen molar-refractivity contribution in [1.82, 2.24) is 4.90 Å². The molecule has 0 aliphatic carbocycles. The molecule has 0 aromatic heterocycles. The normalized spacial score (nSPS) is 10.2. The first kappa shape index (κ1) is 11.5. The van der Waals surface area contributed by atoms with Crippen LogP contribution in [0.4, 0.5) is 0 Å². The third-order valence-electron chi connectivity index (χ3n) is 2.60. The molecule has 3 heteroatoms. The van der Waals surface area contributed by atoms with Gasteiger partial charge >= 0.3 is 0 Å². The van der Waals surface area contributed by atoms with Crippen LogP contribution in [-0.2, 0) is 4.79 Å². The topological polar surface area (TPSA) is 29.5 Å². The van der Waals surface area contributed by atoms with Crippen molar-refractivity contribution in [3.05, 3.63) is 42.5 Å². The van der Waals surface area contributed by atoms with Crippen molar-refractivity contribution in [2.75, 3.05) is 20.7 Å². The molecule has 0 atom stereocenters. The number of carbonyl (C=O) groups is 1. The van der Waals surface area contributed by atoms with E-state index in [4.69, 9.17) is 4.74 Å². The van der Waals surface area contributed by atoms with Gasteiger partial charge in [-0.05, 0) is 11.5 Å². The van der Waals surface area contributed by atoms with Crippen LogP contribution in [0.25, 0.3) is 10.8 Å². The lowest BCUT2D eigenvalue weighted by Gasteiger charge is -2.12. The van der Waals surface area contributed by atoms with Gasteiger partial charge in [-0.25, -0.2) is 0 Å². The van der Waals surface area contributed by atoms with E-state index < -0.39 is 0 Å². The van der Waals surface area contributed by atoms with E-state index in [2.05, 4.69) is 0 Å². The molecule has 17 heavy (non-hydrogen) atoms. The van der Waals surface area contributed by atoms with Crippen LogP contribution in [0.15, 0.2) is 42.5 Å². The van der Waals surface area contributed by atoms with E-state index in [1.807, 2.05) is 42.5 Å². The minimum Gasteiger partial charge on any atom is -0.483 e. The Hall–Kier alpha value is -2.03. The van der Waals surface area contributed by atoms with Crippen LogP contribution >= 0.6 is 0 Å². The van der Waals surface area contributed by atoms with Crippen LogP contribution in [0.1, 0.15) is 0 Å². The van der Waals surface area contributed by atoms with Gasteiger partial charge in [0.25, 0.3) is 5.91 Å². The number of nitrogens with zero attached hydrogens (tertiary/aromatic N) is 1. The summed E-state index contributed by atoms with van der Waals surface area (Å²) in [4.78, 5) is 13.0. The maximum absolute atomic E-state index is 11.5. The minimum absolute atomic E-state index is 0.0436. The minimum atomic E-state index is -0.0436. The van der Waals surface area contributed by atoms with Gasteiger partial charge in [-0.15, -0.1) is 0 Å². The molecule has 0 fully saturated rings. The monoisotopic (exact) mass is 229 g/mol. The Kier molecular flexibility index (Phi) is 3.28. The molecule has 88 valence electrons. The van der Waals surface area contributed by atoms with E-state index in [1.54, 1.807) is 14.1 Å². The summed E-state index contributed by atoms with van der Waals surface area (Å²) < 4.78 is 5.55. The summed E-state index contributed by atoms with van der Waals surface area (Å²) >= 11 is 0. The van der Waals surface area contributed by atoms with Crippen LogP contribution in [0, 0.1) is 0 Å². The van der Waals surface area contributed by atoms with E-state index in [0.717, 1.165) is 16.5 Å². The average molecular weight is 229 g/mol. The molecular formula is C14H15NO2. The SMILES string of the molecule is CN(C)C(=O)COc1cccc2ccccc12. The van der Waals surface area contributed by atoms with Crippen LogP contribution < -0.4 is 4.74 Å². The van der Waals surface area contributed by atoms with Crippen LogP contribution in [0.5, 0.6) is 5.75 Å². The lowest BCUT2D eigenvalue weighted by Crippen LogP contribution is -2.27. The zero-order valence-corrected chi connectivity index (χ0v) is 10.0. The molecule has 0 spiro atoms. The lowest BCUT2D eigenvalue weighted by molar-refractivity contribution is -0.130. The molecule has 3 nitrogen and oxygen atoms in total. The van der Waals surface area contributed by atoms with E-state index in [9.17, 15) is 4.79 Å². The highest BCUT2D eigenvalue weighted by atomic mass is 16.5. The van der Waals surface area contributed by atoms with Gasteiger partial charge in [-0.3, -0.25) is 4.79 Å². The number of likely N-dealkylation sites (N-methyl/N-ethyl adjacent to an activating group) is 1. The molecule has 2 aromatic carbocycles. The smallest absolute Gasteiger partial charge is 0.259 e. The van der Waals surface area contributed by atoms with Gasteiger partial charge in [0.05, 0.1) is 0 Å². The van der Waals surface area contributed by atoms with Crippen molar-refractivity contribution in [3.8, 4) is 5.75 Å². The summed E-state index contributed by atoms with van der Waals surface area (Å²) in [7, 11) is 3.43. The number of hydrogen-bond acceptors (Lipinski definition) is 2. The summed E-state index contributed by atoms with van der Waals surface area (Å²) in [6, 6.07) is 13.8. The Morgan fingerprint density at radius 1 is 1.12 bits per heavy atom. The fraction of sp³-hybridized carbons (Fsp3) is 0.214. The average Bonchev–Trinajstić information content (AvgIpc) is 2.35. The fourth-order valence-electron chi connectivity index (χ4n) is 1.59. The molecule has 0 heterocycles. The molecule has 2 rings (SSSR count). The first-order valence-corrected chi connectivity index (χ1v) is 5.49. The van der Waals surface area contributed by atoms with Gasteiger partial charge in [0, 0.05) is 19.5 Å². The highest BCUT2D eigenvalue weighted by Crippen LogP contribution is 2.24. The second-order valence-corrected chi connectivity index (χ2v) is 4.05. The summed E-state index contributed by atoms with van der Waals surface area (Å²) in [5, 5.41) is 2.14. The summed E-state index contributed by atoms with van der Waals surface area (Å²) in [5.41, 5.74) is 0. The molecule has 0 saturated heterocycles. The molecule has 0 N–H and O–H groups in total. The molecule has 0 saturated carbocycles. The molecule has 0 bridgehead atoms. The Bertz CT molecular complexity index is 529. The van der Waals surface area contributed by atoms with Crippen molar-refractivity contribution in [1.29, 1.82) is 0 Å². The highest BCUT2D eigenvalue weighted by Gasteiger charge is 2.06. The molecular weight excluding hydrogens is 214 g/mol. The van der Waals surface area contributed by atoms with E-state index in [0.29, 0.717) is 0 Å². The van der Waals surface area contributed by atoms with Crippen molar-refractivity contribution in [2.45, 2.75) is 0 Å². The standard InChI is InChI=1S/C14H15NO2/c1-15(2)14(16)10-17-13-9-5-7-11-6-3-4-8-12(11)13/h3-9H,10H2,1-2H3. The molecule has 0 unspecified atom stereocenters. The number of amides is 1. The number of ether oxygens (including phenoxy) is 1. The predicted molar refractivity (Wildman–Crippen MR) is 68.1 cm³/mol. The second-order valence-electron chi connectivity index (χ2n) is 4.05. The number of rotatable bonds is 3. The van der Waals surface area contributed by atoms with Crippen molar-refractivity contribution >= 4 is 16.7 Å². The summed E-state index contributed by atoms with van der Waals surface area (Å²) in [6.07, 6.45) is 0. The molecule has 0 aliphatic rings. The third-order valence-corrected chi connectivity index (χ3v) is 2.60. The van der Waals surface area contributed by atoms with Crippen molar-refractivity contribution < 1.29 is 9.53 Å². The molecule has 2 aromatic rings. The lowest BCUT2D eigenvalue weighted by atomic mass is 10.1. The highest BCUT2D eigenvalue weighted by molar-refractivity contribution is 5.88. The second kappa shape index (κ2) is 4.87. The molecule has 1 amide bonds. The largest absolute Gasteiger partial charge is 0.483 e. The van der Waals surface area contributed by atoms with Crippen LogP contribution in [0.2, 0.25) is 0 Å². The maximum Gasteiger partial charge on any atom is 0.259 e. The molecule has 0 aliphatic heterocycles. The van der Waals surface area contributed by atoms with E-state index >= 15 is 0 Å². The van der Waals surface area contributed by atoms with Crippen LogP contribution in [-0.4, -0.2) is 31.5 Å². The van der Waals surface area contributed by atoms with E-state index in [1.165, 1.54) is 4.90 Å². The number of carbonyl (C=O) groups excluding carboxylic acids is 1. The summed E-state index contributed by atoms with van der Waals surface area (Å²) in [5.74, 6) is 0.705. The van der Waals surface area contributed by atoms with Gasteiger partial charge in [0.2, 0.25) is 0 Å². The predicted octanol–water partition coefficient (Wildman–Crippen LogP) is 2.31.